The lowest BCUT2D eigenvalue weighted by molar-refractivity contribution is 0.214. The van der Waals surface area contributed by atoms with E-state index in [4.69, 9.17) is 5.73 Å². The van der Waals surface area contributed by atoms with Crippen LogP contribution in [0.5, 0.6) is 0 Å². The van der Waals surface area contributed by atoms with E-state index in [1.807, 2.05) is 0 Å². The van der Waals surface area contributed by atoms with E-state index in [9.17, 15) is 0 Å². The molecule has 0 fully saturated rings. The van der Waals surface area contributed by atoms with Crippen molar-refractivity contribution in [2.24, 2.45) is 16.6 Å². The highest BCUT2D eigenvalue weighted by molar-refractivity contribution is 4.73. The van der Waals surface area contributed by atoms with Gasteiger partial charge in [-0.15, -0.1) is 0 Å². The minimum atomic E-state index is 0.336. The Morgan fingerprint density at radius 3 is 1.88 bits per heavy atom. The van der Waals surface area contributed by atoms with Crippen molar-refractivity contribution in [3.05, 3.63) is 0 Å². The summed E-state index contributed by atoms with van der Waals surface area (Å²) in [6.07, 6.45) is 2.21. The second kappa shape index (κ2) is 6.02. The molecule has 0 rings (SSSR count). The second-order valence-corrected chi connectivity index (χ2v) is 7.61. The summed E-state index contributed by atoms with van der Waals surface area (Å²) in [5, 5.41) is 0. The van der Waals surface area contributed by atoms with Gasteiger partial charge < -0.3 is 10.6 Å². The predicted octanol–water partition coefficient (Wildman–Crippen LogP) is 3.12. The predicted molar refractivity (Wildman–Crippen MR) is 73.6 cm³/mol. The summed E-state index contributed by atoms with van der Waals surface area (Å²) in [6.45, 7) is 15.8. The monoisotopic (exact) mass is 228 g/mol. The molecule has 0 heterocycles. The zero-order chi connectivity index (χ0) is 13.0. The molecule has 0 spiro atoms. The number of hydrogen-bond acceptors (Lipinski definition) is 2. The summed E-state index contributed by atoms with van der Waals surface area (Å²) >= 11 is 0. The quantitative estimate of drug-likeness (QED) is 0.783. The molecule has 0 radical (unpaired) electrons. The molecular weight excluding hydrogens is 196 g/mol. The molecule has 0 aromatic heterocycles. The highest BCUT2D eigenvalue weighted by atomic mass is 15.1. The van der Waals surface area contributed by atoms with Crippen molar-refractivity contribution in [2.45, 2.75) is 60.4 Å². The Hall–Kier alpha value is -0.0800. The van der Waals surface area contributed by atoms with Gasteiger partial charge in [0.2, 0.25) is 0 Å². The van der Waals surface area contributed by atoms with E-state index in [1.54, 1.807) is 0 Å². The molecule has 2 heteroatoms. The van der Waals surface area contributed by atoms with Gasteiger partial charge in [0.15, 0.2) is 0 Å². The average Bonchev–Trinajstić information content (AvgIpc) is 1.94. The Morgan fingerprint density at radius 1 is 1.00 bits per heavy atom. The van der Waals surface area contributed by atoms with Gasteiger partial charge in [0.05, 0.1) is 0 Å². The Kier molecular flexibility index (Phi) is 5.99. The maximum Gasteiger partial charge on any atom is 0.00559 e. The van der Waals surface area contributed by atoms with E-state index in [0.29, 0.717) is 16.9 Å². The van der Waals surface area contributed by atoms with Gasteiger partial charge in [-0.05, 0) is 37.3 Å². The van der Waals surface area contributed by atoms with Gasteiger partial charge in [-0.25, -0.2) is 0 Å². The number of nitrogens with zero attached hydrogens (tertiary/aromatic N) is 1. The Balaban J connectivity index is 3.80. The van der Waals surface area contributed by atoms with Crippen LogP contribution in [0.4, 0.5) is 0 Å². The summed E-state index contributed by atoms with van der Waals surface area (Å²) in [6, 6.07) is 0.336. The lowest BCUT2D eigenvalue weighted by atomic mass is 9.87. The molecule has 16 heavy (non-hydrogen) atoms. The van der Waals surface area contributed by atoms with Gasteiger partial charge >= 0.3 is 0 Å². The van der Waals surface area contributed by atoms with Crippen LogP contribution in [-0.4, -0.2) is 31.1 Å². The fraction of sp³-hybridized carbons (Fsp3) is 1.00. The Labute approximate surface area is 103 Å². The van der Waals surface area contributed by atoms with Gasteiger partial charge in [0.25, 0.3) is 0 Å². The molecule has 0 aliphatic carbocycles. The fourth-order valence-electron chi connectivity index (χ4n) is 2.16. The molecule has 2 N–H and O–H groups in total. The standard InChI is InChI=1S/C14H32N2/c1-13(2,3)10-12(15)8-9-16(7)11-14(4,5)6/h12H,8-11,15H2,1-7H3. The highest BCUT2D eigenvalue weighted by Crippen LogP contribution is 2.21. The maximum absolute atomic E-state index is 6.15. The molecule has 98 valence electrons. The minimum Gasteiger partial charge on any atom is -0.328 e. The van der Waals surface area contributed by atoms with Crippen LogP contribution in [-0.2, 0) is 0 Å². The first-order valence-electron chi connectivity index (χ1n) is 6.44. The maximum atomic E-state index is 6.15. The van der Waals surface area contributed by atoms with Gasteiger partial charge in [0.1, 0.15) is 0 Å². The van der Waals surface area contributed by atoms with Crippen molar-refractivity contribution >= 4 is 0 Å². The zero-order valence-corrected chi connectivity index (χ0v) is 12.4. The first-order valence-corrected chi connectivity index (χ1v) is 6.44. The highest BCUT2D eigenvalue weighted by Gasteiger charge is 2.17. The van der Waals surface area contributed by atoms with Crippen LogP contribution in [0.3, 0.4) is 0 Å². The number of hydrogen-bond donors (Lipinski definition) is 1. The third-order valence-electron chi connectivity index (χ3n) is 2.50. The van der Waals surface area contributed by atoms with Crippen LogP contribution < -0.4 is 5.73 Å². The SMILES string of the molecule is CN(CCC(N)CC(C)(C)C)CC(C)(C)C. The van der Waals surface area contributed by atoms with Crippen LogP contribution in [0.1, 0.15) is 54.4 Å². The van der Waals surface area contributed by atoms with Crippen molar-refractivity contribution < 1.29 is 0 Å². The van der Waals surface area contributed by atoms with E-state index < -0.39 is 0 Å². The van der Waals surface area contributed by atoms with Crippen molar-refractivity contribution in [1.82, 2.24) is 4.90 Å². The summed E-state index contributed by atoms with van der Waals surface area (Å²) in [5.74, 6) is 0. The van der Waals surface area contributed by atoms with Crippen molar-refractivity contribution in [1.29, 1.82) is 0 Å². The Morgan fingerprint density at radius 2 is 1.50 bits per heavy atom. The summed E-state index contributed by atoms with van der Waals surface area (Å²) < 4.78 is 0. The minimum absolute atomic E-state index is 0.336. The molecule has 0 saturated carbocycles. The molecular formula is C14H32N2. The van der Waals surface area contributed by atoms with Gasteiger partial charge in [0, 0.05) is 12.6 Å². The molecule has 0 bridgehead atoms. The smallest absolute Gasteiger partial charge is 0.00559 e. The van der Waals surface area contributed by atoms with Crippen molar-refractivity contribution in [2.75, 3.05) is 20.1 Å². The number of nitrogens with two attached hydrogens (primary N) is 1. The normalized spacial score (nSPS) is 15.6. The molecule has 0 aromatic rings. The van der Waals surface area contributed by atoms with Crippen molar-refractivity contribution in [3.8, 4) is 0 Å². The van der Waals surface area contributed by atoms with Gasteiger partial charge in [-0.1, -0.05) is 41.5 Å². The van der Waals surface area contributed by atoms with Crippen LogP contribution in [0.25, 0.3) is 0 Å². The summed E-state index contributed by atoms with van der Waals surface area (Å²) in [4.78, 5) is 2.39. The number of rotatable bonds is 5. The van der Waals surface area contributed by atoms with Crippen molar-refractivity contribution in [3.63, 3.8) is 0 Å². The van der Waals surface area contributed by atoms with E-state index in [1.165, 1.54) is 0 Å². The summed E-state index contributed by atoms with van der Waals surface area (Å²) in [5.41, 5.74) is 6.87. The topological polar surface area (TPSA) is 29.3 Å². The average molecular weight is 228 g/mol. The zero-order valence-electron chi connectivity index (χ0n) is 12.4. The van der Waals surface area contributed by atoms with Crippen LogP contribution in [0, 0.1) is 10.8 Å². The van der Waals surface area contributed by atoms with E-state index in [2.05, 4.69) is 53.5 Å². The molecule has 0 aromatic carbocycles. The summed E-state index contributed by atoms with van der Waals surface area (Å²) in [7, 11) is 2.19. The largest absolute Gasteiger partial charge is 0.328 e. The molecule has 0 saturated heterocycles. The lowest BCUT2D eigenvalue weighted by Gasteiger charge is -2.28. The molecule has 0 aliphatic rings. The molecule has 2 nitrogen and oxygen atoms in total. The first-order chi connectivity index (χ1) is 6.99. The van der Waals surface area contributed by atoms with E-state index in [-0.39, 0.29) is 0 Å². The first kappa shape index (κ1) is 15.9. The van der Waals surface area contributed by atoms with Gasteiger partial charge in [-0.2, -0.15) is 0 Å². The van der Waals surface area contributed by atoms with Crippen LogP contribution in [0.15, 0.2) is 0 Å². The van der Waals surface area contributed by atoms with E-state index >= 15 is 0 Å². The third-order valence-corrected chi connectivity index (χ3v) is 2.50. The molecule has 1 atom stereocenters. The van der Waals surface area contributed by atoms with E-state index in [0.717, 1.165) is 25.9 Å². The molecule has 1 unspecified atom stereocenters. The van der Waals surface area contributed by atoms with Crippen LogP contribution >= 0.6 is 0 Å². The van der Waals surface area contributed by atoms with Gasteiger partial charge in [-0.3, -0.25) is 0 Å². The third kappa shape index (κ3) is 10.4. The second-order valence-electron chi connectivity index (χ2n) is 7.61. The Bertz CT molecular complexity index is 164. The fourth-order valence-corrected chi connectivity index (χ4v) is 2.16. The molecule has 0 amide bonds. The lowest BCUT2D eigenvalue weighted by Crippen LogP contribution is -2.34. The molecule has 0 aliphatic heterocycles. The van der Waals surface area contributed by atoms with Crippen LogP contribution in [0.2, 0.25) is 0 Å².